The second-order valence-electron chi connectivity index (χ2n) is 3.86. The molecule has 0 aliphatic heterocycles. The Hall–Kier alpha value is -1.93. The molecule has 0 bridgehead atoms. The summed E-state index contributed by atoms with van der Waals surface area (Å²) in [6.45, 7) is 1.66. The lowest BCUT2D eigenvalue weighted by Crippen LogP contribution is -1.93. The van der Waals surface area contributed by atoms with E-state index in [1.165, 1.54) is 30.3 Å². The van der Waals surface area contributed by atoms with Gasteiger partial charge in [-0.2, -0.15) is 5.26 Å². The Morgan fingerprint density at radius 3 is 2.47 bits per heavy atom. The fourth-order valence-electron chi connectivity index (χ4n) is 1.54. The van der Waals surface area contributed by atoms with Crippen LogP contribution >= 0.6 is 15.9 Å². The van der Waals surface area contributed by atoms with Gasteiger partial charge >= 0.3 is 0 Å². The number of halogens is 3. The third-order valence-electron chi connectivity index (χ3n) is 2.52. The molecule has 0 saturated heterocycles. The monoisotopic (exact) mass is 323 g/mol. The minimum atomic E-state index is -0.664. The van der Waals surface area contributed by atoms with Gasteiger partial charge in [0, 0.05) is 0 Å². The molecule has 96 valence electrons. The average molecular weight is 324 g/mol. The molecule has 0 saturated carbocycles. The molecule has 0 aliphatic rings. The Morgan fingerprint density at radius 1 is 1.16 bits per heavy atom. The first-order valence-corrected chi connectivity index (χ1v) is 6.14. The standard InChI is InChI=1S/C14H8BrF2NO/c1-8-6-10(16)3-5-11(8)19-12-4-2-9(7-18)13(15)14(12)17/h2-6H,1H3. The van der Waals surface area contributed by atoms with Crippen LogP contribution in [-0.4, -0.2) is 0 Å². The summed E-state index contributed by atoms with van der Waals surface area (Å²) >= 11 is 3.00. The first-order chi connectivity index (χ1) is 9.02. The molecule has 2 aromatic rings. The molecule has 0 N–H and O–H groups in total. The molecular formula is C14H8BrF2NO. The van der Waals surface area contributed by atoms with Crippen molar-refractivity contribution >= 4 is 15.9 Å². The van der Waals surface area contributed by atoms with Crippen LogP contribution < -0.4 is 4.74 Å². The number of hydrogen-bond acceptors (Lipinski definition) is 2. The van der Waals surface area contributed by atoms with E-state index in [1.54, 1.807) is 6.92 Å². The minimum Gasteiger partial charge on any atom is -0.454 e. The molecule has 0 spiro atoms. The van der Waals surface area contributed by atoms with Gasteiger partial charge < -0.3 is 4.74 Å². The Balaban J connectivity index is 2.39. The van der Waals surface area contributed by atoms with Gasteiger partial charge in [0.05, 0.1) is 10.0 Å². The van der Waals surface area contributed by atoms with Crippen molar-refractivity contribution in [3.8, 4) is 17.6 Å². The normalized spacial score (nSPS) is 10.1. The van der Waals surface area contributed by atoms with Crippen LogP contribution in [-0.2, 0) is 0 Å². The molecule has 0 fully saturated rings. The van der Waals surface area contributed by atoms with E-state index in [2.05, 4.69) is 15.9 Å². The van der Waals surface area contributed by atoms with Crippen molar-refractivity contribution in [3.63, 3.8) is 0 Å². The van der Waals surface area contributed by atoms with Crippen LogP contribution in [0.2, 0.25) is 0 Å². The van der Waals surface area contributed by atoms with Crippen LogP contribution in [0.1, 0.15) is 11.1 Å². The summed E-state index contributed by atoms with van der Waals surface area (Å²) in [6, 6.07) is 8.62. The van der Waals surface area contributed by atoms with Crippen molar-refractivity contribution in [2.45, 2.75) is 6.92 Å². The number of aryl methyl sites for hydroxylation is 1. The highest BCUT2D eigenvalue weighted by Crippen LogP contribution is 2.32. The van der Waals surface area contributed by atoms with Gasteiger partial charge in [-0.3, -0.25) is 0 Å². The molecule has 19 heavy (non-hydrogen) atoms. The molecule has 0 aliphatic carbocycles. The molecular weight excluding hydrogens is 316 g/mol. The molecule has 0 amide bonds. The zero-order valence-electron chi connectivity index (χ0n) is 9.88. The van der Waals surface area contributed by atoms with Gasteiger partial charge in [0.25, 0.3) is 0 Å². The van der Waals surface area contributed by atoms with E-state index in [0.29, 0.717) is 11.3 Å². The predicted molar refractivity (Wildman–Crippen MR) is 70.0 cm³/mol. The zero-order chi connectivity index (χ0) is 14.0. The molecule has 0 aromatic heterocycles. The topological polar surface area (TPSA) is 33.0 Å². The van der Waals surface area contributed by atoms with Gasteiger partial charge in [-0.15, -0.1) is 0 Å². The van der Waals surface area contributed by atoms with Gasteiger partial charge in [-0.1, -0.05) is 0 Å². The lowest BCUT2D eigenvalue weighted by molar-refractivity contribution is 0.436. The Morgan fingerprint density at radius 2 is 1.84 bits per heavy atom. The fourth-order valence-corrected chi connectivity index (χ4v) is 1.96. The molecule has 2 aromatic carbocycles. The van der Waals surface area contributed by atoms with E-state index in [1.807, 2.05) is 6.07 Å². The van der Waals surface area contributed by atoms with E-state index in [0.717, 1.165) is 0 Å². The highest BCUT2D eigenvalue weighted by molar-refractivity contribution is 9.10. The summed E-state index contributed by atoms with van der Waals surface area (Å²) in [6.07, 6.45) is 0. The van der Waals surface area contributed by atoms with Crippen molar-refractivity contribution in [2.75, 3.05) is 0 Å². The van der Waals surface area contributed by atoms with E-state index in [-0.39, 0.29) is 21.6 Å². The third kappa shape index (κ3) is 2.74. The first kappa shape index (κ1) is 13.5. The average Bonchev–Trinajstić information content (AvgIpc) is 2.38. The summed E-state index contributed by atoms with van der Waals surface area (Å²) in [4.78, 5) is 0. The van der Waals surface area contributed by atoms with Crippen molar-refractivity contribution in [3.05, 3.63) is 57.6 Å². The minimum absolute atomic E-state index is 0.0272. The van der Waals surface area contributed by atoms with Crippen molar-refractivity contribution < 1.29 is 13.5 Å². The molecule has 0 unspecified atom stereocenters. The van der Waals surface area contributed by atoms with Crippen LogP contribution in [0, 0.1) is 29.9 Å². The second-order valence-corrected chi connectivity index (χ2v) is 4.66. The van der Waals surface area contributed by atoms with Crippen molar-refractivity contribution in [1.82, 2.24) is 0 Å². The van der Waals surface area contributed by atoms with E-state index in [9.17, 15) is 8.78 Å². The van der Waals surface area contributed by atoms with Gasteiger partial charge in [0.2, 0.25) is 0 Å². The van der Waals surface area contributed by atoms with Crippen LogP contribution in [0.4, 0.5) is 8.78 Å². The lowest BCUT2D eigenvalue weighted by Gasteiger charge is -2.10. The van der Waals surface area contributed by atoms with Crippen LogP contribution in [0.15, 0.2) is 34.8 Å². The second kappa shape index (κ2) is 5.37. The van der Waals surface area contributed by atoms with Gasteiger partial charge in [-0.25, -0.2) is 8.78 Å². The van der Waals surface area contributed by atoms with E-state index >= 15 is 0 Å². The number of nitrogens with zero attached hydrogens (tertiary/aromatic N) is 1. The van der Waals surface area contributed by atoms with Crippen LogP contribution in [0.3, 0.4) is 0 Å². The number of ether oxygens (including phenoxy) is 1. The smallest absolute Gasteiger partial charge is 0.181 e. The first-order valence-electron chi connectivity index (χ1n) is 5.35. The number of nitriles is 1. The Bertz CT molecular complexity index is 680. The summed E-state index contributed by atoms with van der Waals surface area (Å²) in [5, 5.41) is 8.77. The van der Waals surface area contributed by atoms with Crippen molar-refractivity contribution in [1.29, 1.82) is 5.26 Å². The lowest BCUT2D eigenvalue weighted by atomic mass is 10.2. The predicted octanol–water partition coefficient (Wildman–Crippen LogP) is 4.70. The fraction of sp³-hybridized carbons (Fsp3) is 0.0714. The third-order valence-corrected chi connectivity index (χ3v) is 3.30. The van der Waals surface area contributed by atoms with Gasteiger partial charge in [-0.05, 0) is 58.7 Å². The maximum atomic E-state index is 13.9. The highest BCUT2D eigenvalue weighted by Gasteiger charge is 2.13. The van der Waals surface area contributed by atoms with E-state index in [4.69, 9.17) is 10.00 Å². The quantitative estimate of drug-likeness (QED) is 0.802. The number of benzene rings is 2. The molecule has 0 atom stereocenters. The summed E-state index contributed by atoms with van der Waals surface area (Å²) in [5.74, 6) is -0.716. The Kier molecular flexibility index (Phi) is 3.82. The van der Waals surface area contributed by atoms with Gasteiger partial charge in [0.1, 0.15) is 17.6 Å². The van der Waals surface area contributed by atoms with Crippen molar-refractivity contribution in [2.24, 2.45) is 0 Å². The number of hydrogen-bond donors (Lipinski definition) is 0. The maximum absolute atomic E-state index is 13.9. The highest BCUT2D eigenvalue weighted by atomic mass is 79.9. The summed E-state index contributed by atoms with van der Waals surface area (Å²) in [5.41, 5.74) is 0.737. The molecule has 2 nitrogen and oxygen atoms in total. The Labute approximate surface area is 117 Å². The van der Waals surface area contributed by atoms with Crippen LogP contribution in [0.25, 0.3) is 0 Å². The van der Waals surface area contributed by atoms with Crippen LogP contribution in [0.5, 0.6) is 11.5 Å². The molecule has 2 rings (SSSR count). The molecule has 0 radical (unpaired) electrons. The number of rotatable bonds is 2. The SMILES string of the molecule is Cc1cc(F)ccc1Oc1ccc(C#N)c(Br)c1F. The van der Waals surface area contributed by atoms with Gasteiger partial charge in [0.15, 0.2) is 11.6 Å². The van der Waals surface area contributed by atoms with E-state index < -0.39 is 5.82 Å². The molecule has 0 heterocycles. The summed E-state index contributed by atoms with van der Waals surface area (Å²) in [7, 11) is 0. The molecule has 5 heteroatoms. The maximum Gasteiger partial charge on any atom is 0.181 e. The zero-order valence-corrected chi connectivity index (χ0v) is 11.5. The largest absolute Gasteiger partial charge is 0.454 e. The summed E-state index contributed by atoms with van der Waals surface area (Å²) < 4.78 is 32.3.